The van der Waals surface area contributed by atoms with E-state index in [2.05, 4.69) is 15.6 Å². The fraction of sp³-hybridized carbons (Fsp3) is 0.611. The molecule has 16 heteroatoms. The summed E-state index contributed by atoms with van der Waals surface area (Å²) in [7, 11) is 0. The van der Waals surface area contributed by atoms with Crippen LogP contribution in [0.1, 0.15) is 39.0 Å². The number of nitrogens with two attached hydrogens (primary N) is 4. The number of rotatable bonds is 16. The lowest BCUT2D eigenvalue weighted by atomic mass is 10.1. The normalized spacial score (nSPS) is 13.9. The molecule has 0 aliphatic carbocycles. The van der Waals surface area contributed by atoms with Crippen LogP contribution in [-0.2, 0) is 28.8 Å². The maximum Gasteiger partial charge on any atom is 0.326 e. The lowest BCUT2D eigenvalue weighted by Crippen LogP contribution is -2.57. The second-order valence-electron chi connectivity index (χ2n) is 7.36. The van der Waals surface area contributed by atoms with Crippen molar-refractivity contribution in [3.63, 3.8) is 0 Å². The number of guanidine groups is 1. The molecule has 13 N–H and O–H groups in total. The van der Waals surface area contributed by atoms with E-state index < -0.39 is 79.0 Å². The molecule has 0 aromatic rings. The van der Waals surface area contributed by atoms with Gasteiger partial charge in [-0.05, 0) is 26.2 Å². The second kappa shape index (κ2) is 15.0. The lowest BCUT2D eigenvalue weighted by molar-refractivity contribution is -0.144. The number of carbonyl (C=O) groups excluding carboxylic acids is 4. The molecular weight excluding hydrogens is 456 g/mol. The van der Waals surface area contributed by atoms with E-state index in [1.165, 1.54) is 6.92 Å². The van der Waals surface area contributed by atoms with Crippen LogP contribution in [0.15, 0.2) is 4.99 Å². The number of hydrogen-bond acceptors (Lipinski definition) is 8. The van der Waals surface area contributed by atoms with Crippen LogP contribution in [0.4, 0.5) is 0 Å². The summed E-state index contributed by atoms with van der Waals surface area (Å²) in [6.07, 6.45) is -1.39. The Morgan fingerprint density at radius 1 is 0.824 bits per heavy atom. The quantitative estimate of drug-likeness (QED) is 0.0568. The van der Waals surface area contributed by atoms with Gasteiger partial charge in [0.1, 0.15) is 18.1 Å². The first-order valence-electron chi connectivity index (χ1n) is 10.2. The van der Waals surface area contributed by atoms with E-state index in [9.17, 15) is 28.8 Å². The standard InChI is InChI=1S/C18H32N8O8/c1-8(19)14(30)24-9(3-2-6-23-18(21)22)15(31)25-10(4-5-13(28)29)16(32)26-11(17(33)34)7-12(20)27/h8-11H,2-7,19H2,1H3,(H2,20,27)(H,24,30)(H,25,31)(H,26,32)(H,28,29)(H,33,34)(H4,21,22,23). The van der Waals surface area contributed by atoms with E-state index in [0.717, 1.165) is 0 Å². The van der Waals surface area contributed by atoms with Crippen molar-refractivity contribution in [2.75, 3.05) is 6.54 Å². The Morgan fingerprint density at radius 2 is 1.32 bits per heavy atom. The lowest BCUT2D eigenvalue weighted by Gasteiger charge is -2.24. The van der Waals surface area contributed by atoms with Crippen molar-refractivity contribution in [1.29, 1.82) is 0 Å². The molecule has 0 aliphatic heterocycles. The van der Waals surface area contributed by atoms with Gasteiger partial charge in [0.05, 0.1) is 12.5 Å². The van der Waals surface area contributed by atoms with Crippen LogP contribution in [0.25, 0.3) is 0 Å². The molecule has 4 amide bonds. The van der Waals surface area contributed by atoms with Crippen molar-refractivity contribution < 1.29 is 39.0 Å². The summed E-state index contributed by atoms with van der Waals surface area (Å²) >= 11 is 0. The van der Waals surface area contributed by atoms with Crippen LogP contribution in [-0.4, -0.2) is 82.5 Å². The third kappa shape index (κ3) is 12.8. The van der Waals surface area contributed by atoms with Crippen molar-refractivity contribution in [1.82, 2.24) is 16.0 Å². The minimum absolute atomic E-state index is 0.0355. The molecular formula is C18H32N8O8. The topological polar surface area (TPSA) is 295 Å². The monoisotopic (exact) mass is 488 g/mol. The smallest absolute Gasteiger partial charge is 0.326 e. The average Bonchev–Trinajstić information content (AvgIpc) is 2.71. The number of nitrogens with zero attached hydrogens (tertiary/aromatic N) is 1. The van der Waals surface area contributed by atoms with Gasteiger partial charge in [-0.2, -0.15) is 0 Å². The molecule has 0 spiro atoms. The molecule has 0 aliphatic rings. The fourth-order valence-corrected chi connectivity index (χ4v) is 2.56. The molecule has 16 nitrogen and oxygen atoms in total. The first-order valence-corrected chi connectivity index (χ1v) is 10.2. The summed E-state index contributed by atoms with van der Waals surface area (Å²) in [5, 5.41) is 24.8. The molecule has 0 aromatic heterocycles. The summed E-state index contributed by atoms with van der Waals surface area (Å²) in [5.41, 5.74) is 21.0. The molecule has 0 saturated carbocycles. The maximum absolute atomic E-state index is 12.8. The van der Waals surface area contributed by atoms with Gasteiger partial charge in [-0.15, -0.1) is 0 Å². The third-order valence-corrected chi connectivity index (χ3v) is 4.29. The Kier molecular flexibility index (Phi) is 13.2. The van der Waals surface area contributed by atoms with Crippen molar-refractivity contribution in [2.45, 2.75) is 63.2 Å². The average molecular weight is 489 g/mol. The molecule has 0 aromatic carbocycles. The zero-order valence-electron chi connectivity index (χ0n) is 18.7. The highest BCUT2D eigenvalue weighted by molar-refractivity contribution is 5.95. The van der Waals surface area contributed by atoms with Crippen LogP contribution >= 0.6 is 0 Å². The Labute approximate surface area is 194 Å². The summed E-state index contributed by atoms with van der Waals surface area (Å²) in [5.74, 6) is -6.59. The molecule has 0 fully saturated rings. The summed E-state index contributed by atoms with van der Waals surface area (Å²) < 4.78 is 0. The van der Waals surface area contributed by atoms with Gasteiger partial charge in [-0.1, -0.05) is 0 Å². The number of carbonyl (C=O) groups is 6. The van der Waals surface area contributed by atoms with Crippen LogP contribution in [0.3, 0.4) is 0 Å². The SMILES string of the molecule is CC(N)C(=O)NC(CCCN=C(N)N)C(=O)NC(CCC(=O)O)C(=O)NC(CC(N)=O)C(=O)O. The Balaban J connectivity index is 5.57. The summed E-state index contributed by atoms with van der Waals surface area (Å²) in [6, 6.07) is -5.33. The second-order valence-corrected chi connectivity index (χ2v) is 7.36. The molecule has 4 atom stereocenters. The zero-order chi connectivity index (χ0) is 26.4. The van der Waals surface area contributed by atoms with Gasteiger partial charge < -0.3 is 49.1 Å². The fourth-order valence-electron chi connectivity index (χ4n) is 2.56. The van der Waals surface area contributed by atoms with Crippen molar-refractivity contribution in [3.8, 4) is 0 Å². The molecule has 4 unspecified atom stereocenters. The number of carboxylic acids is 2. The molecule has 0 rings (SSSR count). The van der Waals surface area contributed by atoms with Gasteiger partial charge in [-0.3, -0.25) is 29.0 Å². The molecule has 0 saturated heterocycles. The highest BCUT2D eigenvalue weighted by Gasteiger charge is 2.30. The van der Waals surface area contributed by atoms with Gasteiger partial charge in [0.2, 0.25) is 23.6 Å². The van der Waals surface area contributed by atoms with Crippen molar-refractivity contribution in [2.24, 2.45) is 27.9 Å². The van der Waals surface area contributed by atoms with Gasteiger partial charge >= 0.3 is 11.9 Å². The minimum atomic E-state index is -1.69. The largest absolute Gasteiger partial charge is 0.481 e. The Morgan fingerprint density at radius 3 is 1.76 bits per heavy atom. The maximum atomic E-state index is 12.8. The van der Waals surface area contributed by atoms with E-state index in [0.29, 0.717) is 0 Å². The van der Waals surface area contributed by atoms with Gasteiger partial charge in [0.25, 0.3) is 0 Å². The number of hydrogen-bond donors (Lipinski definition) is 9. The number of aliphatic carboxylic acids is 2. The van der Waals surface area contributed by atoms with Crippen LogP contribution < -0.4 is 38.9 Å². The number of carboxylic acid groups (broad SMARTS) is 2. The van der Waals surface area contributed by atoms with E-state index in [4.69, 9.17) is 33.1 Å². The number of primary amides is 1. The van der Waals surface area contributed by atoms with Gasteiger partial charge in [0.15, 0.2) is 5.96 Å². The van der Waals surface area contributed by atoms with Crippen molar-refractivity contribution in [3.05, 3.63) is 0 Å². The van der Waals surface area contributed by atoms with Crippen LogP contribution in [0.2, 0.25) is 0 Å². The zero-order valence-corrected chi connectivity index (χ0v) is 18.7. The molecule has 0 heterocycles. The molecule has 192 valence electrons. The first-order chi connectivity index (χ1) is 15.7. The number of nitrogens with one attached hydrogen (secondary N) is 3. The Hall–Kier alpha value is -3.95. The van der Waals surface area contributed by atoms with Crippen LogP contribution in [0, 0.1) is 0 Å². The number of amides is 4. The van der Waals surface area contributed by atoms with Crippen LogP contribution in [0.5, 0.6) is 0 Å². The van der Waals surface area contributed by atoms with E-state index in [1.54, 1.807) is 0 Å². The van der Waals surface area contributed by atoms with Gasteiger partial charge in [-0.25, -0.2) is 4.79 Å². The highest BCUT2D eigenvalue weighted by atomic mass is 16.4. The first kappa shape index (κ1) is 30.1. The Bertz CT molecular complexity index is 797. The summed E-state index contributed by atoms with van der Waals surface area (Å²) in [6.45, 7) is 1.52. The predicted molar refractivity (Wildman–Crippen MR) is 118 cm³/mol. The highest BCUT2D eigenvalue weighted by Crippen LogP contribution is 2.05. The van der Waals surface area contributed by atoms with Crippen molar-refractivity contribution >= 4 is 41.5 Å². The predicted octanol–water partition coefficient (Wildman–Crippen LogP) is -4.33. The molecule has 0 radical (unpaired) electrons. The third-order valence-electron chi connectivity index (χ3n) is 4.29. The number of aliphatic imine (C=N–C) groups is 1. The van der Waals surface area contributed by atoms with Gasteiger partial charge in [0, 0.05) is 13.0 Å². The molecule has 34 heavy (non-hydrogen) atoms. The van der Waals surface area contributed by atoms with E-state index in [-0.39, 0.29) is 25.3 Å². The summed E-state index contributed by atoms with van der Waals surface area (Å²) in [4.78, 5) is 74.5. The van der Waals surface area contributed by atoms with E-state index >= 15 is 0 Å². The molecule has 0 bridgehead atoms. The minimum Gasteiger partial charge on any atom is -0.481 e. The van der Waals surface area contributed by atoms with E-state index in [1.807, 2.05) is 5.32 Å².